The van der Waals surface area contributed by atoms with Crippen LogP contribution in [0.15, 0.2) is 23.8 Å². The topological polar surface area (TPSA) is 93.1 Å². The molecular formula is C24H31FO6. The van der Waals surface area contributed by atoms with Gasteiger partial charge in [0.25, 0.3) is 0 Å². The number of carbonyl (C=O) groups is 2. The molecule has 4 fully saturated rings. The number of aliphatic hydroxyl groups excluding tert-OH is 2. The predicted octanol–water partition coefficient (Wildman–Crippen LogP) is 2.27. The summed E-state index contributed by atoms with van der Waals surface area (Å²) in [6.45, 7) is 6.65. The molecule has 0 bridgehead atoms. The van der Waals surface area contributed by atoms with Crippen LogP contribution in [0.3, 0.4) is 0 Å². The average molecular weight is 435 g/mol. The Morgan fingerprint density at radius 3 is 2.65 bits per heavy atom. The number of rotatable bonds is 2. The van der Waals surface area contributed by atoms with Gasteiger partial charge in [-0.25, -0.2) is 4.39 Å². The monoisotopic (exact) mass is 434 g/mol. The number of fused-ring (bicyclic) bond motifs is 7. The summed E-state index contributed by atoms with van der Waals surface area (Å²) in [6, 6.07) is 0. The minimum absolute atomic E-state index is 0.125. The second-order valence-electron chi connectivity index (χ2n) is 11.0. The van der Waals surface area contributed by atoms with E-state index < -0.39 is 53.0 Å². The Kier molecular flexibility index (Phi) is 4.38. The van der Waals surface area contributed by atoms with Crippen molar-refractivity contribution >= 4 is 11.6 Å². The van der Waals surface area contributed by atoms with Crippen molar-refractivity contribution in [2.45, 2.75) is 76.7 Å². The fourth-order valence-corrected chi connectivity index (χ4v) is 8.05. The normalized spacial score (nSPS) is 52.1. The molecule has 5 rings (SSSR count). The SMILES string of the molecule is CC1(C)O[C@@H]2C[C@H]3[C@@H]4C[C@H](F)C5=CC(=O)C=C[C@@]5(C)[C@H]4[C@@H](O)C[C@]3(C)[C@]2(C(=O)CO)O1. The molecule has 0 aromatic carbocycles. The molecule has 31 heavy (non-hydrogen) atoms. The lowest BCUT2D eigenvalue weighted by atomic mass is 9.46. The summed E-state index contributed by atoms with van der Waals surface area (Å²) in [5.74, 6) is -2.28. The Labute approximate surface area is 181 Å². The molecule has 4 aliphatic carbocycles. The molecule has 1 saturated heterocycles. The highest BCUT2D eigenvalue weighted by molar-refractivity contribution is 6.01. The van der Waals surface area contributed by atoms with E-state index >= 15 is 4.39 Å². The molecule has 0 aromatic rings. The highest BCUT2D eigenvalue weighted by Gasteiger charge is 2.77. The van der Waals surface area contributed by atoms with Crippen molar-refractivity contribution in [2.24, 2.45) is 28.6 Å². The van der Waals surface area contributed by atoms with Crippen LogP contribution in [0.5, 0.6) is 0 Å². The third-order valence-electron chi connectivity index (χ3n) is 9.03. The van der Waals surface area contributed by atoms with Crippen molar-refractivity contribution in [1.29, 1.82) is 0 Å². The third kappa shape index (κ3) is 2.52. The van der Waals surface area contributed by atoms with E-state index in [-0.39, 0.29) is 36.4 Å². The molecule has 170 valence electrons. The van der Waals surface area contributed by atoms with Gasteiger partial charge in [0.15, 0.2) is 23.0 Å². The molecule has 0 spiro atoms. The van der Waals surface area contributed by atoms with E-state index in [1.54, 1.807) is 19.9 Å². The van der Waals surface area contributed by atoms with E-state index in [0.717, 1.165) is 0 Å². The molecule has 1 aliphatic heterocycles. The van der Waals surface area contributed by atoms with Gasteiger partial charge in [-0.15, -0.1) is 0 Å². The van der Waals surface area contributed by atoms with Crippen LogP contribution in [-0.4, -0.2) is 58.2 Å². The van der Waals surface area contributed by atoms with Gasteiger partial charge in [-0.3, -0.25) is 9.59 Å². The Morgan fingerprint density at radius 1 is 1.26 bits per heavy atom. The van der Waals surface area contributed by atoms with Gasteiger partial charge >= 0.3 is 0 Å². The van der Waals surface area contributed by atoms with Gasteiger partial charge in [-0.1, -0.05) is 19.9 Å². The highest BCUT2D eigenvalue weighted by Crippen LogP contribution is 2.70. The van der Waals surface area contributed by atoms with Crippen LogP contribution >= 0.6 is 0 Å². The number of aliphatic hydroxyl groups is 2. The molecule has 0 unspecified atom stereocenters. The van der Waals surface area contributed by atoms with E-state index in [9.17, 15) is 19.8 Å². The molecule has 7 heteroatoms. The zero-order valence-electron chi connectivity index (χ0n) is 18.4. The number of ether oxygens (including phenoxy) is 2. The maximum absolute atomic E-state index is 15.4. The number of ketones is 2. The van der Waals surface area contributed by atoms with Crippen molar-refractivity contribution in [3.8, 4) is 0 Å². The maximum atomic E-state index is 15.4. The number of halogens is 1. The molecule has 0 aromatic heterocycles. The zero-order chi connectivity index (χ0) is 22.6. The van der Waals surface area contributed by atoms with Crippen LogP contribution in [0.2, 0.25) is 0 Å². The number of alkyl halides is 1. The van der Waals surface area contributed by atoms with E-state index in [1.807, 2.05) is 13.8 Å². The molecule has 5 aliphatic rings. The number of hydrogen-bond acceptors (Lipinski definition) is 6. The van der Waals surface area contributed by atoms with Gasteiger partial charge in [-0.05, 0) is 62.7 Å². The second kappa shape index (κ2) is 6.34. The lowest BCUT2D eigenvalue weighted by Gasteiger charge is -2.60. The van der Waals surface area contributed by atoms with Gasteiger partial charge in [0.05, 0.1) is 12.2 Å². The van der Waals surface area contributed by atoms with Crippen LogP contribution in [0.1, 0.15) is 47.0 Å². The number of hydrogen-bond donors (Lipinski definition) is 2. The fourth-order valence-electron chi connectivity index (χ4n) is 8.05. The standard InChI is InChI=1S/C24H31FO6/c1-21(2)30-19-9-14-13-8-16(25)15-7-12(27)5-6-22(15,3)20(13)17(28)10-23(14,4)24(19,31-21)18(29)11-26/h5-7,13-14,16-17,19-20,26,28H,8-11H2,1-4H3/t13-,14-,16-,17-,19+,20+,22+,23-,24+/m0/s1. The predicted molar refractivity (Wildman–Crippen MR) is 109 cm³/mol. The first-order chi connectivity index (χ1) is 14.4. The van der Waals surface area contributed by atoms with Crippen LogP contribution in [-0.2, 0) is 19.1 Å². The number of carbonyl (C=O) groups excluding carboxylic acids is 2. The summed E-state index contributed by atoms with van der Waals surface area (Å²) >= 11 is 0. The molecule has 3 saturated carbocycles. The van der Waals surface area contributed by atoms with Gasteiger partial charge in [0.2, 0.25) is 0 Å². The largest absolute Gasteiger partial charge is 0.393 e. The fraction of sp³-hybridized carbons (Fsp3) is 0.750. The summed E-state index contributed by atoms with van der Waals surface area (Å²) in [5.41, 5.74) is -2.50. The minimum Gasteiger partial charge on any atom is -0.393 e. The zero-order valence-corrected chi connectivity index (χ0v) is 18.4. The van der Waals surface area contributed by atoms with Crippen LogP contribution in [0, 0.1) is 28.6 Å². The van der Waals surface area contributed by atoms with E-state index in [4.69, 9.17) is 9.47 Å². The summed E-state index contributed by atoms with van der Waals surface area (Å²) in [5, 5.41) is 21.3. The van der Waals surface area contributed by atoms with Crippen molar-refractivity contribution in [3.05, 3.63) is 23.8 Å². The van der Waals surface area contributed by atoms with Gasteiger partial charge in [0, 0.05) is 16.7 Å². The van der Waals surface area contributed by atoms with Gasteiger partial charge < -0.3 is 19.7 Å². The summed E-state index contributed by atoms with van der Waals surface area (Å²) in [6.07, 6.45) is 2.90. The summed E-state index contributed by atoms with van der Waals surface area (Å²) in [4.78, 5) is 25.1. The minimum atomic E-state index is -1.37. The molecule has 1 heterocycles. The number of allylic oxidation sites excluding steroid dienone is 4. The van der Waals surface area contributed by atoms with Crippen LogP contribution in [0.25, 0.3) is 0 Å². The Hall–Kier alpha value is -1.41. The maximum Gasteiger partial charge on any atom is 0.193 e. The van der Waals surface area contributed by atoms with E-state index in [0.29, 0.717) is 12.0 Å². The van der Waals surface area contributed by atoms with Crippen molar-refractivity contribution in [2.75, 3.05) is 6.61 Å². The first kappa shape index (κ1) is 21.4. The molecule has 0 radical (unpaired) electrons. The van der Waals surface area contributed by atoms with E-state index in [1.165, 1.54) is 12.2 Å². The Bertz CT molecular complexity index is 910. The molecule has 0 amide bonds. The first-order valence-electron chi connectivity index (χ1n) is 11.2. The second-order valence-corrected chi connectivity index (χ2v) is 11.0. The van der Waals surface area contributed by atoms with Crippen molar-refractivity contribution in [3.63, 3.8) is 0 Å². The van der Waals surface area contributed by atoms with Crippen LogP contribution in [0.4, 0.5) is 4.39 Å². The van der Waals surface area contributed by atoms with Gasteiger partial charge in [-0.2, -0.15) is 0 Å². The smallest absolute Gasteiger partial charge is 0.193 e. The third-order valence-corrected chi connectivity index (χ3v) is 9.03. The lowest BCUT2D eigenvalue weighted by molar-refractivity contribution is -0.226. The first-order valence-corrected chi connectivity index (χ1v) is 11.2. The van der Waals surface area contributed by atoms with Crippen molar-refractivity contribution < 1.29 is 33.7 Å². The summed E-state index contributed by atoms with van der Waals surface area (Å²) < 4.78 is 27.9. The van der Waals surface area contributed by atoms with Crippen molar-refractivity contribution in [1.82, 2.24) is 0 Å². The molecule has 9 atom stereocenters. The Morgan fingerprint density at radius 2 is 1.97 bits per heavy atom. The molecular weight excluding hydrogens is 403 g/mol. The molecule has 6 nitrogen and oxygen atoms in total. The van der Waals surface area contributed by atoms with Gasteiger partial charge in [0.1, 0.15) is 12.8 Å². The quantitative estimate of drug-likeness (QED) is 0.693. The Balaban J connectivity index is 1.62. The highest BCUT2D eigenvalue weighted by atomic mass is 19.1. The lowest BCUT2D eigenvalue weighted by Crippen LogP contribution is -2.64. The molecule has 2 N–H and O–H groups in total. The van der Waals surface area contributed by atoms with Crippen LogP contribution < -0.4 is 0 Å². The average Bonchev–Trinajstić information content (AvgIpc) is 3.08. The summed E-state index contributed by atoms with van der Waals surface area (Å²) in [7, 11) is 0. The number of Topliss-reactive ketones (excluding diaryl/α,β-unsaturated/α-hetero) is 1. The van der Waals surface area contributed by atoms with E-state index in [2.05, 4.69) is 0 Å².